The molecule has 3 aromatic carbocycles. The van der Waals surface area contributed by atoms with Gasteiger partial charge in [0.2, 0.25) is 21.8 Å². The molecule has 1 N–H and O–H groups in total. The van der Waals surface area contributed by atoms with Gasteiger partial charge < -0.3 is 15.0 Å². The van der Waals surface area contributed by atoms with Crippen molar-refractivity contribution in [1.82, 2.24) is 10.2 Å². The van der Waals surface area contributed by atoms with Crippen molar-refractivity contribution >= 4 is 50.7 Å². The highest BCUT2D eigenvalue weighted by Gasteiger charge is 2.33. The highest BCUT2D eigenvalue weighted by Crippen LogP contribution is 2.30. The van der Waals surface area contributed by atoms with Crippen molar-refractivity contribution in [2.24, 2.45) is 0 Å². The maximum Gasteiger partial charge on any atom is 0.244 e. The Kier molecular flexibility index (Phi) is 11.5. The molecule has 41 heavy (non-hydrogen) atoms. The van der Waals surface area contributed by atoms with E-state index in [0.29, 0.717) is 22.8 Å². The summed E-state index contributed by atoms with van der Waals surface area (Å²) in [5.74, 6) is -0.565. The second-order valence-electron chi connectivity index (χ2n) is 9.72. The van der Waals surface area contributed by atoms with Crippen molar-refractivity contribution in [3.8, 4) is 5.75 Å². The second kappa shape index (κ2) is 14.6. The first kappa shape index (κ1) is 32.2. The predicted molar refractivity (Wildman–Crippen MR) is 164 cm³/mol. The third-order valence-electron chi connectivity index (χ3n) is 6.67. The molecule has 11 heteroatoms. The summed E-state index contributed by atoms with van der Waals surface area (Å²) in [6.07, 6.45) is 1.92. The Labute approximate surface area is 252 Å². The van der Waals surface area contributed by atoms with E-state index in [2.05, 4.69) is 5.32 Å². The van der Waals surface area contributed by atoms with Crippen molar-refractivity contribution in [1.29, 1.82) is 0 Å². The lowest BCUT2D eigenvalue weighted by Gasteiger charge is -2.34. The predicted octanol–water partition coefficient (Wildman–Crippen LogP) is 5.32. The Morgan fingerprint density at radius 1 is 0.976 bits per heavy atom. The number of carbonyl (C=O) groups is 2. The summed E-state index contributed by atoms with van der Waals surface area (Å²) in [6.45, 7) is 3.27. The monoisotopic (exact) mass is 619 g/mol. The average molecular weight is 621 g/mol. The minimum absolute atomic E-state index is 0.00902. The van der Waals surface area contributed by atoms with Gasteiger partial charge in [-0.2, -0.15) is 0 Å². The molecule has 8 nitrogen and oxygen atoms in total. The van der Waals surface area contributed by atoms with Crippen LogP contribution in [0, 0.1) is 0 Å². The van der Waals surface area contributed by atoms with Crippen LogP contribution in [0.15, 0.2) is 72.8 Å². The molecule has 220 valence electrons. The number of methoxy groups -OCH3 is 1. The van der Waals surface area contributed by atoms with Crippen LogP contribution in [0.1, 0.15) is 31.4 Å². The topological polar surface area (TPSA) is 96.0 Å². The second-order valence-corrected chi connectivity index (χ2v) is 12.4. The molecule has 0 aliphatic heterocycles. The minimum atomic E-state index is -3.93. The van der Waals surface area contributed by atoms with Crippen LogP contribution in [0.3, 0.4) is 0 Å². The van der Waals surface area contributed by atoms with E-state index in [1.165, 1.54) is 30.2 Å². The lowest BCUT2D eigenvalue weighted by molar-refractivity contribution is -0.140. The van der Waals surface area contributed by atoms with Gasteiger partial charge in [0.25, 0.3) is 0 Å². The standard InChI is InChI=1S/C30H35Cl2N3O5S/c1-5-21(2)33-30(37)27(17-22-11-7-6-8-12-22)34(19-23-13-9-10-14-25(23)31)29(36)20-35(41(4,38)39)24-15-16-28(40-3)26(32)18-24/h6-16,18,21,27H,5,17,19-20H2,1-4H3,(H,33,37)/t21-,27+/m1/s1. The number of halogens is 2. The molecule has 0 aromatic heterocycles. The van der Waals surface area contributed by atoms with Gasteiger partial charge in [0.05, 0.1) is 24.1 Å². The quantitative estimate of drug-likeness (QED) is 0.279. The summed E-state index contributed by atoms with van der Waals surface area (Å²) in [4.78, 5) is 29.2. The van der Waals surface area contributed by atoms with E-state index in [1.54, 1.807) is 24.3 Å². The third-order valence-corrected chi connectivity index (χ3v) is 8.48. The number of hydrogen-bond donors (Lipinski definition) is 1. The van der Waals surface area contributed by atoms with Crippen LogP contribution in [0.5, 0.6) is 5.75 Å². The molecular formula is C30H35Cl2N3O5S. The molecule has 0 bridgehead atoms. The van der Waals surface area contributed by atoms with Crippen molar-refractivity contribution in [2.45, 2.75) is 45.3 Å². The van der Waals surface area contributed by atoms with Crippen molar-refractivity contribution in [2.75, 3.05) is 24.2 Å². The molecule has 0 saturated carbocycles. The molecule has 3 rings (SSSR count). The first-order chi connectivity index (χ1) is 19.4. The maximum atomic E-state index is 14.1. The molecule has 0 spiro atoms. The molecule has 2 amide bonds. The van der Waals surface area contributed by atoms with Gasteiger partial charge in [0, 0.05) is 24.0 Å². The SMILES string of the molecule is CC[C@@H](C)NC(=O)[C@H](Cc1ccccc1)N(Cc1ccccc1Cl)C(=O)CN(c1ccc(OC)c(Cl)c1)S(C)(=O)=O. The fourth-order valence-corrected chi connectivity index (χ4v) is 5.52. The number of rotatable bonds is 13. The summed E-state index contributed by atoms with van der Waals surface area (Å²) in [6, 6.07) is 19.8. The Bertz CT molecular complexity index is 1450. The Morgan fingerprint density at radius 3 is 2.22 bits per heavy atom. The molecule has 3 aromatic rings. The summed E-state index contributed by atoms with van der Waals surface area (Å²) >= 11 is 12.8. The zero-order valence-electron chi connectivity index (χ0n) is 23.5. The molecule has 0 unspecified atom stereocenters. The number of amides is 2. The van der Waals surface area contributed by atoms with Crippen molar-refractivity contribution < 1.29 is 22.7 Å². The number of benzene rings is 3. The first-order valence-corrected chi connectivity index (χ1v) is 15.7. The van der Waals surface area contributed by atoms with E-state index in [-0.39, 0.29) is 35.6 Å². The zero-order valence-corrected chi connectivity index (χ0v) is 25.8. The number of nitrogens with one attached hydrogen (secondary N) is 1. The molecule has 0 aliphatic carbocycles. The number of ether oxygens (including phenoxy) is 1. The highest BCUT2D eigenvalue weighted by atomic mass is 35.5. The van der Waals surface area contributed by atoms with Gasteiger partial charge in [0.15, 0.2) is 0 Å². The minimum Gasteiger partial charge on any atom is -0.495 e. The zero-order chi connectivity index (χ0) is 30.2. The normalized spacial score (nSPS) is 12.7. The number of sulfonamides is 1. The Morgan fingerprint density at radius 2 is 1.63 bits per heavy atom. The molecular weight excluding hydrogens is 585 g/mol. The molecule has 0 fully saturated rings. The third kappa shape index (κ3) is 8.86. The summed E-state index contributed by atoms with van der Waals surface area (Å²) in [5, 5.41) is 3.60. The lowest BCUT2D eigenvalue weighted by Crippen LogP contribution is -2.54. The van der Waals surface area contributed by atoms with Crippen LogP contribution < -0.4 is 14.4 Å². The van der Waals surface area contributed by atoms with Crippen LogP contribution in [-0.4, -0.2) is 57.1 Å². The van der Waals surface area contributed by atoms with E-state index in [9.17, 15) is 18.0 Å². The Hall–Kier alpha value is -3.27. The van der Waals surface area contributed by atoms with Crippen LogP contribution in [0.2, 0.25) is 10.0 Å². The number of carbonyl (C=O) groups excluding carboxylic acids is 2. The molecule has 0 aliphatic rings. The van der Waals surface area contributed by atoms with Crippen molar-refractivity contribution in [3.05, 3.63) is 94.0 Å². The summed E-state index contributed by atoms with van der Waals surface area (Å²) in [7, 11) is -2.48. The first-order valence-electron chi connectivity index (χ1n) is 13.1. The van der Waals surface area contributed by atoms with Crippen LogP contribution >= 0.6 is 23.2 Å². The molecule has 0 radical (unpaired) electrons. The van der Waals surface area contributed by atoms with E-state index >= 15 is 0 Å². The number of nitrogens with zero attached hydrogens (tertiary/aromatic N) is 2. The van der Waals surface area contributed by atoms with Gasteiger partial charge in [-0.25, -0.2) is 8.42 Å². The van der Waals surface area contributed by atoms with E-state index < -0.39 is 28.5 Å². The van der Waals surface area contributed by atoms with E-state index in [0.717, 1.165) is 16.1 Å². The van der Waals surface area contributed by atoms with Gasteiger partial charge >= 0.3 is 0 Å². The average Bonchev–Trinajstić information content (AvgIpc) is 2.94. The van der Waals surface area contributed by atoms with Gasteiger partial charge in [-0.3, -0.25) is 13.9 Å². The van der Waals surface area contributed by atoms with Crippen LogP contribution in [-0.2, 0) is 32.6 Å². The van der Waals surface area contributed by atoms with Crippen LogP contribution in [0.4, 0.5) is 5.69 Å². The fourth-order valence-electron chi connectivity index (χ4n) is 4.23. The molecule has 0 heterocycles. The number of anilines is 1. The summed E-state index contributed by atoms with van der Waals surface area (Å²) < 4.78 is 32.0. The van der Waals surface area contributed by atoms with Gasteiger partial charge in [-0.15, -0.1) is 0 Å². The largest absolute Gasteiger partial charge is 0.495 e. The van der Waals surface area contributed by atoms with E-state index in [4.69, 9.17) is 27.9 Å². The van der Waals surface area contributed by atoms with E-state index in [1.807, 2.05) is 44.2 Å². The molecule has 2 atom stereocenters. The fraction of sp³-hybridized carbons (Fsp3) is 0.333. The summed E-state index contributed by atoms with van der Waals surface area (Å²) in [5.41, 5.74) is 1.65. The van der Waals surface area contributed by atoms with Crippen LogP contribution in [0.25, 0.3) is 0 Å². The van der Waals surface area contributed by atoms with Gasteiger partial charge in [-0.05, 0) is 48.7 Å². The van der Waals surface area contributed by atoms with Crippen molar-refractivity contribution in [3.63, 3.8) is 0 Å². The highest BCUT2D eigenvalue weighted by molar-refractivity contribution is 7.92. The maximum absolute atomic E-state index is 14.1. The smallest absolute Gasteiger partial charge is 0.244 e. The van der Waals surface area contributed by atoms with Gasteiger partial charge in [0.1, 0.15) is 18.3 Å². The van der Waals surface area contributed by atoms with Gasteiger partial charge in [-0.1, -0.05) is 78.7 Å². The molecule has 0 saturated heterocycles. The lowest BCUT2D eigenvalue weighted by atomic mass is 10.0. The Balaban J connectivity index is 2.08. The number of hydrogen-bond acceptors (Lipinski definition) is 5.